The molecule has 1 aliphatic heterocycles. The maximum absolute atomic E-state index is 11.6. The molecule has 1 rings (SSSR count). The molecular weight excluding hydrogens is 195 g/mol. The predicted octanol–water partition coefficient (Wildman–Crippen LogP) is 2.39. The molecule has 0 aromatic heterocycles. The van der Waals surface area contributed by atoms with E-state index in [0.29, 0.717) is 0 Å². The molecule has 0 saturated heterocycles. The van der Waals surface area contributed by atoms with E-state index in [2.05, 4.69) is 4.74 Å². The molecule has 12 heavy (non-hydrogen) atoms. The molecule has 0 unspecified atom stereocenters. The summed E-state index contributed by atoms with van der Waals surface area (Å²) < 4.78 is 39.4. The lowest BCUT2D eigenvalue weighted by molar-refractivity contribution is -0.311. The number of hydrogen-bond acceptors (Lipinski definition) is 2. The van der Waals surface area contributed by atoms with Crippen LogP contribution >= 0.6 is 11.8 Å². The molecule has 68 valence electrons. The maximum atomic E-state index is 11.6. The van der Waals surface area contributed by atoms with Gasteiger partial charge >= 0.3 is 6.36 Å². The molecule has 1 heterocycles. The van der Waals surface area contributed by atoms with Crippen molar-refractivity contribution in [3.8, 4) is 0 Å². The van der Waals surface area contributed by atoms with E-state index >= 15 is 0 Å². The zero-order valence-electron chi connectivity index (χ0n) is 5.81. The van der Waals surface area contributed by atoms with Crippen molar-refractivity contribution in [2.24, 2.45) is 0 Å². The van der Waals surface area contributed by atoms with Crippen LogP contribution in [-0.2, 0) is 4.74 Å². The molecule has 0 aromatic carbocycles. The van der Waals surface area contributed by atoms with Crippen LogP contribution in [0.4, 0.5) is 13.2 Å². The lowest BCUT2D eigenvalue weighted by Gasteiger charge is -2.20. The van der Waals surface area contributed by atoms with Crippen molar-refractivity contribution in [1.29, 1.82) is 0 Å². The zero-order chi connectivity index (χ0) is 9.19. The topological polar surface area (TPSA) is 12.5 Å². The Hall–Kier alpha value is -0.840. The van der Waals surface area contributed by atoms with E-state index < -0.39 is 12.2 Å². The molecule has 0 atom stereocenters. The fourth-order valence-corrected chi connectivity index (χ4v) is 0.847. The first-order valence-corrected chi connectivity index (χ1v) is 3.39. The summed E-state index contributed by atoms with van der Waals surface area (Å²) in [6.45, 7) is 0.198. The van der Waals surface area contributed by atoms with E-state index in [0.717, 1.165) is 10.5 Å². The van der Waals surface area contributed by atoms with E-state index in [1.54, 1.807) is 6.08 Å². The second-order valence-corrected chi connectivity index (χ2v) is 2.43. The Kier molecular flexibility index (Phi) is 2.52. The third-order valence-electron chi connectivity index (χ3n) is 1.10. The number of nitrogens with zero attached hydrogens (tertiary/aromatic N) is 1. The third-order valence-corrected chi connectivity index (χ3v) is 1.40. The highest BCUT2D eigenvalue weighted by Gasteiger charge is 2.33. The van der Waals surface area contributed by atoms with Gasteiger partial charge in [-0.15, -0.1) is 13.2 Å². The summed E-state index contributed by atoms with van der Waals surface area (Å²) in [4.78, 5) is 0. The highest BCUT2D eigenvalue weighted by atomic mass is 35.5. The summed E-state index contributed by atoms with van der Waals surface area (Å²) in [5.41, 5.74) is 0. The fraction of sp³-hybridized carbons (Fsp3) is 0.333. The molecule has 6 heteroatoms. The van der Waals surface area contributed by atoms with Crippen molar-refractivity contribution in [2.75, 3.05) is 6.54 Å². The average molecular weight is 200 g/mol. The molecule has 0 saturated carbocycles. The molecular formula is C6H5ClF3NO. The van der Waals surface area contributed by atoms with Crippen LogP contribution in [0.25, 0.3) is 0 Å². The molecule has 0 aliphatic carbocycles. The summed E-state index contributed by atoms with van der Waals surface area (Å²) in [6.07, 6.45) is -0.496. The van der Waals surface area contributed by atoms with Gasteiger partial charge < -0.3 is 4.74 Å². The monoisotopic (exact) mass is 199 g/mol. The molecule has 2 nitrogen and oxygen atoms in total. The van der Waals surface area contributed by atoms with Gasteiger partial charge in [-0.1, -0.05) is 12.2 Å². The second kappa shape index (κ2) is 3.26. The van der Waals surface area contributed by atoms with Gasteiger partial charge in [-0.25, -0.2) is 0 Å². The van der Waals surface area contributed by atoms with Crippen LogP contribution in [0.3, 0.4) is 0 Å². The number of halogens is 4. The normalized spacial score (nSPS) is 17.7. The largest absolute Gasteiger partial charge is 0.574 e. The second-order valence-electron chi connectivity index (χ2n) is 2.03. The number of ether oxygens (including phenoxy) is 1. The zero-order valence-corrected chi connectivity index (χ0v) is 6.56. The minimum Gasteiger partial charge on any atom is -0.389 e. The third kappa shape index (κ3) is 2.65. The van der Waals surface area contributed by atoms with Crippen LogP contribution < -0.4 is 0 Å². The summed E-state index contributed by atoms with van der Waals surface area (Å²) in [5.74, 6) is -0.410. The molecule has 0 fully saturated rings. The standard InChI is InChI=1S/C6H5ClF3NO/c7-11-4-2-1-3-5(11)12-6(8,9)10/h1-3H,4H2. The van der Waals surface area contributed by atoms with Gasteiger partial charge in [0.15, 0.2) is 0 Å². The predicted molar refractivity (Wildman–Crippen MR) is 36.9 cm³/mol. The van der Waals surface area contributed by atoms with E-state index in [9.17, 15) is 13.2 Å². The molecule has 0 bridgehead atoms. The summed E-state index contributed by atoms with van der Waals surface area (Å²) in [7, 11) is 0. The van der Waals surface area contributed by atoms with Gasteiger partial charge in [0.25, 0.3) is 0 Å². The van der Waals surface area contributed by atoms with Crippen molar-refractivity contribution >= 4 is 11.8 Å². The average Bonchev–Trinajstić information content (AvgIpc) is 1.91. The molecule has 0 aromatic rings. The Bertz CT molecular complexity index is 223. The van der Waals surface area contributed by atoms with E-state index in [1.165, 1.54) is 6.08 Å². The fourth-order valence-electron chi connectivity index (χ4n) is 0.677. The number of hydrogen-bond donors (Lipinski definition) is 0. The quantitative estimate of drug-likeness (QED) is 0.602. The molecule has 0 N–H and O–H groups in total. The van der Waals surface area contributed by atoms with Gasteiger partial charge in [0.2, 0.25) is 5.88 Å². The molecule has 0 radical (unpaired) electrons. The molecule has 1 aliphatic rings. The minimum atomic E-state index is -4.69. The van der Waals surface area contributed by atoms with Gasteiger partial charge in [-0.05, 0) is 6.08 Å². The Morgan fingerprint density at radius 1 is 1.50 bits per heavy atom. The maximum Gasteiger partial charge on any atom is 0.574 e. The highest BCUT2D eigenvalue weighted by molar-refractivity contribution is 6.14. The number of rotatable bonds is 1. The lowest BCUT2D eigenvalue weighted by atomic mass is 10.4. The van der Waals surface area contributed by atoms with Crippen molar-refractivity contribution in [2.45, 2.75) is 6.36 Å². The van der Waals surface area contributed by atoms with Gasteiger partial charge in [0.1, 0.15) is 0 Å². The highest BCUT2D eigenvalue weighted by Crippen LogP contribution is 2.24. The molecule has 0 amide bonds. The Labute approximate surface area is 72.0 Å². The summed E-state index contributed by atoms with van der Waals surface area (Å²) in [5, 5.41) is 0. The summed E-state index contributed by atoms with van der Waals surface area (Å²) >= 11 is 5.38. The smallest absolute Gasteiger partial charge is 0.389 e. The van der Waals surface area contributed by atoms with Crippen molar-refractivity contribution in [3.05, 3.63) is 24.1 Å². The van der Waals surface area contributed by atoms with E-state index in [-0.39, 0.29) is 6.54 Å². The minimum absolute atomic E-state index is 0.198. The van der Waals surface area contributed by atoms with Crippen LogP contribution in [0, 0.1) is 0 Å². The Balaban J connectivity index is 2.62. The first-order chi connectivity index (χ1) is 5.49. The van der Waals surface area contributed by atoms with Crippen LogP contribution in [0.15, 0.2) is 24.1 Å². The first kappa shape index (κ1) is 9.25. The van der Waals surface area contributed by atoms with Crippen LogP contribution in [0.2, 0.25) is 0 Å². The lowest BCUT2D eigenvalue weighted by Crippen LogP contribution is -2.23. The van der Waals surface area contributed by atoms with Crippen LogP contribution in [0.1, 0.15) is 0 Å². The van der Waals surface area contributed by atoms with Crippen molar-refractivity contribution < 1.29 is 17.9 Å². The van der Waals surface area contributed by atoms with Crippen molar-refractivity contribution in [3.63, 3.8) is 0 Å². The SMILES string of the molecule is FC(F)(F)OC1=CC=CCN1Cl. The summed E-state index contributed by atoms with van der Waals surface area (Å²) in [6, 6.07) is 0. The Morgan fingerprint density at radius 2 is 2.17 bits per heavy atom. The van der Waals surface area contributed by atoms with Gasteiger partial charge in [0, 0.05) is 11.8 Å². The first-order valence-electron chi connectivity index (χ1n) is 3.05. The van der Waals surface area contributed by atoms with Crippen molar-refractivity contribution in [1.82, 2.24) is 4.42 Å². The van der Waals surface area contributed by atoms with E-state index in [4.69, 9.17) is 11.8 Å². The number of alkyl halides is 3. The van der Waals surface area contributed by atoms with Gasteiger partial charge in [-0.2, -0.15) is 0 Å². The van der Waals surface area contributed by atoms with Crippen LogP contribution in [-0.4, -0.2) is 17.3 Å². The van der Waals surface area contributed by atoms with Crippen LogP contribution in [0.5, 0.6) is 0 Å². The van der Waals surface area contributed by atoms with E-state index in [1.807, 2.05) is 0 Å². The van der Waals surface area contributed by atoms with Gasteiger partial charge in [0.05, 0.1) is 6.54 Å². The molecule has 0 spiro atoms. The van der Waals surface area contributed by atoms with Gasteiger partial charge in [-0.3, -0.25) is 4.42 Å². The Morgan fingerprint density at radius 3 is 2.67 bits per heavy atom. The number of allylic oxidation sites excluding steroid dienone is 2.